The Labute approximate surface area is 189 Å². The van der Waals surface area contributed by atoms with Crippen molar-refractivity contribution in [3.05, 3.63) is 46.3 Å². The Morgan fingerprint density at radius 1 is 0.969 bits per heavy atom. The molecular weight excluding hydrogens is 402 g/mol. The van der Waals surface area contributed by atoms with Crippen LogP contribution < -0.4 is 4.90 Å². The van der Waals surface area contributed by atoms with Crippen LogP contribution in [0.2, 0.25) is 0 Å². The quantitative estimate of drug-likeness (QED) is 0.613. The number of nitrogens with zero attached hydrogens (tertiary/aromatic N) is 7. The van der Waals surface area contributed by atoms with Gasteiger partial charge < -0.3 is 9.80 Å². The first-order valence-corrected chi connectivity index (χ1v) is 11.4. The molecule has 3 aromatic heterocycles. The smallest absolute Gasteiger partial charge is 0.223 e. The summed E-state index contributed by atoms with van der Waals surface area (Å²) in [6, 6.07) is 4.02. The molecule has 32 heavy (non-hydrogen) atoms. The van der Waals surface area contributed by atoms with Gasteiger partial charge in [0.25, 0.3) is 0 Å². The summed E-state index contributed by atoms with van der Waals surface area (Å²) >= 11 is 0. The number of hydrogen-bond donors (Lipinski definition) is 0. The van der Waals surface area contributed by atoms with Crippen molar-refractivity contribution in [3.63, 3.8) is 0 Å². The molecule has 0 aliphatic carbocycles. The third kappa shape index (κ3) is 4.45. The van der Waals surface area contributed by atoms with E-state index in [0.717, 1.165) is 58.7 Å². The number of carbonyl (C=O) groups is 1. The predicted molar refractivity (Wildman–Crippen MR) is 125 cm³/mol. The Hall–Kier alpha value is -3.03. The van der Waals surface area contributed by atoms with Gasteiger partial charge in [-0.1, -0.05) is 13.8 Å². The summed E-state index contributed by atoms with van der Waals surface area (Å²) in [7, 11) is 0. The van der Waals surface area contributed by atoms with Crippen LogP contribution >= 0.6 is 0 Å². The Morgan fingerprint density at radius 2 is 1.69 bits per heavy atom. The second kappa shape index (κ2) is 8.84. The van der Waals surface area contributed by atoms with E-state index in [-0.39, 0.29) is 5.91 Å². The van der Waals surface area contributed by atoms with E-state index in [0.29, 0.717) is 31.8 Å². The molecular formula is C24H33N7O. The van der Waals surface area contributed by atoms with Crippen molar-refractivity contribution in [2.75, 3.05) is 31.1 Å². The molecule has 1 fully saturated rings. The molecule has 3 aromatic rings. The first-order valence-electron chi connectivity index (χ1n) is 11.4. The fraction of sp³-hybridized carbons (Fsp3) is 0.542. The van der Waals surface area contributed by atoms with E-state index in [2.05, 4.69) is 40.7 Å². The van der Waals surface area contributed by atoms with Gasteiger partial charge in [-0.05, 0) is 39.7 Å². The molecule has 1 aliphatic heterocycles. The third-order valence-electron chi connectivity index (χ3n) is 6.21. The van der Waals surface area contributed by atoms with Crippen LogP contribution in [0.15, 0.2) is 12.1 Å². The molecule has 4 rings (SSSR count). The molecule has 0 unspecified atom stereocenters. The number of piperazine rings is 1. The van der Waals surface area contributed by atoms with Crippen molar-refractivity contribution >= 4 is 17.4 Å². The minimum Gasteiger partial charge on any atom is -0.353 e. The van der Waals surface area contributed by atoms with Gasteiger partial charge >= 0.3 is 0 Å². The third-order valence-corrected chi connectivity index (χ3v) is 6.21. The van der Waals surface area contributed by atoms with E-state index in [1.165, 1.54) is 0 Å². The molecule has 0 saturated carbocycles. The highest BCUT2D eigenvalue weighted by Gasteiger charge is 2.23. The van der Waals surface area contributed by atoms with Crippen molar-refractivity contribution in [2.24, 2.45) is 0 Å². The molecule has 0 radical (unpaired) electrons. The van der Waals surface area contributed by atoms with Gasteiger partial charge in [0.1, 0.15) is 11.6 Å². The second-order valence-corrected chi connectivity index (χ2v) is 9.07. The van der Waals surface area contributed by atoms with E-state index >= 15 is 0 Å². The molecule has 8 heteroatoms. The second-order valence-electron chi connectivity index (χ2n) is 9.07. The molecule has 0 spiro atoms. The lowest BCUT2D eigenvalue weighted by atomic mass is 10.1. The maximum absolute atomic E-state index is 12.9. The SMILES string of the molecule is Cc1cc(N2CCN(C(=O)CCc3c(C)nc4cc(C)nn4c3C)CC2)nc(C(C)C)n1. The number of carbonyl (C=O) groups excluding carboxylic acids is 1. The highest BCUT2D eigenvalue weighted by molar-refractivity contribution is 5.77. The summed E-state index contributed by atoms with van der Waals surface area (Å²) in [5, 5.41) is 4.53. The predicted octanol–water partition coefficient (Wildman–Crippen LogP) is 3.16. The van der Waals surface area contributed by atoms with Crippen LogP contribution in [0.5, 0.6) is 0 Å². The molecule has 1 amide bonds. The van der Waals surface area contributed by atoms with E-state index in [1.807, 2.05) is 42.3 Å². The van der Waals surface area contributed by atoms with Gasteiger partial charge in [-0.3, -0.25) is 4.79 Å². The monoisotopic (exact) mass is 435 g/mol. The number of anilines is 1. The first kappa shape index (κ1) is 22.2. The fourth-order valence-corrected chi connectivity index (χ4v) is 4.37. The Balaban J connectivity index is 1.38. The molecule has 170 valence electrons. The standard InChI is InChI=1S/C24H33N7O/c1-15(2)24-25-16(3)13-21(27-24)29-9-11-30(12-10-29)23(32)8-7-20-18(5)26-22-14-17(4)28-31(22)19(20)6/h13-15H,7-12H2,1-6H3. The summed E-state index contributed by atoms with van der Waals surface area (Å²) in [4.78, 5) is 31.1. The lowest BCUT2D eigenvalue weighted by Gasteiger charge is -2.35. The van der Waals surface area contributed by atoms with Gasteiger partial charge in [0.2, 0.25) is 5.91 Å². The molecule has 8 nitrogen and oxygen atoms in total. The summed E-state index contributed by atoms with van der Waals surface area (Å²) < 4.78 is 1.88. The van der Waals surface area contributed by atoms with Crippen LogP contribution in [0.3, 0.4) is 0 Å². The molecule has 0 aromatic carbocycles. The maximum Gasteiger partial charge on any atom is 0.223 e. The normalized spacial score (nSPS) is 14.6. The van der Waals surface area contributed by atoms with E-state index in [1.54, 1.807) is 0 Å². The molecule has 1 aliphatic rings. The van der Waals surface area contributed by atoms with Gasteiger partial charge in [0.05, 0.1) is 5.69 Å². The van der Waals surface area contributed by atoms with Gasteiger partial charge in [-0.25, -0.2) is 19.5 Å². The fourth-order valence-electron chi connectivity index (χ4n) is 4.37. The number of fused-ring (bicyclic) bond motifs is 1. The number of amides is 1. The van der Waals surface area contributed by atoms with Crippen molar-refractivity contribution in [3.8, 4) is 0 Å². The Morgan fingerprint density at radius 3 is 2.38 bits per heavy atom. The number of hydrogen-bond acceptors (Lipinski definition) is 6. The minimum absolute atomic E-state index is 0.196. The van der Waals surface area contributed by atoms with Gasteiger partial charge in [-0.2, -0.15) is 5.10 Å². The molecule has 4 heterocycles. The molecule has 1 saturated heterocycles. The summed E-state index contributed by atoms with van der Waals surface area (Å²) in [6.45, 7) is 15.3. The van der Waals surface area contributed by atoms with Crippen LogP contribution in [-0.4, -0.2) is 61.6 Å². The van der Waals surface area contributed by atoms with Gasteiger partial charge in [-0.15, -0.1) is 0 Å². The van der Waals surface area contributed by atoms with Crippen LogP contribution in [0.1, 0.15) is 60.3 Å². The van der Waals surface area contributed by atoms with E-state index in [4.69, 9.17) is 4.98 Å². The lowest BCUT2D eigenvalue weighted by molar-refractivity contribution is -0.131. The van der Waals surface area contributed by atoms with E-state index < -0.39 is 0 Å². The zero-order chi connectivity index (χ0) is 23.0. The number of aromatic nitrogens is 5. The number of rotatable bonds is 5. The Bertz CT molecular complexity index is 1140. The highest BCUT2D eigenvalue weighted by atomic mass is 16.2. The molecule has 0 atom stereocenters. The van der Waals surface area contributed by atoms with Crippen LogP contribution in [0.25, 0.3) is 5.65 Å². The number of aryl methyl sites for hydroxylation is 4. The van der Waals surface area contributed by atoms with Crippen molar-refractivity contribution < 1.29 is 4.79 Å². The van der Waals surface area contributed by atoms with Crippen molar-refractivity contribution in [1.29, 1.82) is 0 Å². The van der Waals surface area contributed by atoms with Crippen LogP contribution in [0.4, 0.5) is 5.82 Å². The first-order chi connectivity index (χ1) is 15.2. The van der Waals surface area contributed by atoms with Crippen molar-refractivity contribution in [1.82, 2.24) is 29.5 Å². The Kier molecular flexibility index (Phi) is 6.13. The summed E-state index contributed by atoms with van der Waals surface area (Å²) in [6.07, 6.45) is 1.17. The zero-order valence-electron chi connectivity index (χ0n) is 20.0. The van der Waals surface area contributed by atoms with E-state index in [9.17, 15) is 4.79 Å². The maximum atomic E-state index is 12.9. The van der Waals surface area contributed by atoms with Crippen LogP contribution in [-0.2, 0) is 11.2 Å². The zero-order valence-corrected chi connectivity index (χ0v) is 20.0. The van der Waals surface area contributed by atoms with Crippen LogP contribution in [0, 0.1) is 27.7 Å². The average Bonchev–Trinajstić information content (AvgIpc) is 3.13. The average molecular weight is 436 g/mol. The lowest BCUT2D eigenvalue weighted by Crippen LogP contribution is -2.49. The van der Waals surface area contributed by atoms with Gasteiger partial charge in [0, 0.05) is 67.7 Å². The minimum atomic E-state index is 0.196. The van der Waals surface area contributed by atoms with Gasteiger partial charge in [0.15, 0.2) is 5.65 Å². The highest BCUT2D eigenvalue weighted by Crippen LogP contribution is 2.20. The molecule has 0 N–H and O–H groups in total. The van der Waals surface area contributed by atoms with Crippen molar-refractivity contribution in [2.45, 2.75) is 60.3 Å². The molecule has 0 bridgehead atoms. The topological polar surface area (TPSA) is 79.5 Å². The largest absolute Gasteiger partial charge is 0.353 e. The summed E-state index contributed by atoms with van der Waals surface area (Å²) in [5.41, 5.74) is 5.96. The summed E-state index contributed by atoms with van der Waals surface area (Å²) in [5.74, 6) is 2.33.